The number of aromatic amines is 1. The molecular formula is C26H28N3O6+. The summed E-state index contributed by atoms with van der Waals surface area (Å²) in [6.45, 7) is 0.970. The van der Waals surface area contributed by atoms with E-state index in [0.717, 1.165) is 0 Å². The molecule has 1 amide bonds. The number of hydrogen-bond donors (Lipinski definition) is 2. The van der Waals surface area contributed by atoms with E-state index in [1.54, 1.807) is 42.5 Å². The molecule has 0 spiro atoms. The van der Waals surface area contributed by atoms with Gasteiger partial charge < -0.3 is 24.2 Å². The monoisotopic (exact) mass is 478 g/mol. The number of Topliss-reactive ketones (excluding diaryl/α,β-unsaturated/α-hetero) is 1. The summed E-state index contributed by atoms with van der Waals surface area (Å²) in [4.78, 5) is 30.9. The quantitative estimate of drug-likeness (QED) is 0.212. The molecule has 2 heterocycles. The Labute approximate surface area is 203 Å². The van der Waals surface area contributed by atoms with Crippen LogP contribution < -0.4 is 18.8 Å². The van der Waals surface area contributed by atoms with E-state index >= 15 is 0 Å². The van der Waals surface area contributed by atoms with E-state index in [2.05, 4.69) is 4.98 Å². The summed E-state index contributed by atoms with van der Waals surface area (Å²) in [5.74, 6) is -0.156. The zero-order chi connectivity index (χ0) is 24.9. The first-order chi connectivity index (χ1) is 17.0. The molecule has 2 aromatic carbocycles. The molecule has 35 heavy (non-hydrogen) atoms. The number of methoxy groups -OCH3 is 3. The summed E-state index contributed by atoms with van der Waals surface area (Å²) in [6.07, 6.45) is 6.13. The first-order valence-electron chi connectivity index (χ1n) is 11.1. The minimum Gasteiger partial charge on any atom is -0.507 e. The SMILES string of the molecule is COc1cccc(C(O)=C2C(=O)C(=O)N(CCC[n+]3cc[nH]c3)C2c2ccc(OC)c(OC)c2)c1. The first-order valence-corrected chi connectivity index (χ1v) is 11.1. The molecule has 182 valence electrons. The van der Waals surface area contributed by atoms with Crippen molar-refractivity contribution in [1.29, 1.82) is 0 Å². The van der Waals surface area contributed by atoms with E-state index in [4.69, 9.17) is 14.2 Å². The molecule has 0 bridgehead atoms. The molecule has 0 saturated carbocycles. The van der Waals surface area contributed by atoms with E-state index in [9.17, 15) is 14.7 Å². The topological polar surface area (TPSA) is 105 Å². The van der Waals surface area contributed by atoms with Crippen molar-refractivity contribution in [1.82, 2.24) is 9.88 Å². The van der Waals surface area contributed by atoms with Crippen LogP contribution in [0, 0.1) is 0 Å². The van der Waals surface area contributed by atoms with Crippen LogP contribution in [0.2, 0.25) is 0 Å². The molecule has 1 atom stereocenters. The highest BCUT2D eigenvalue weighted by Gasteiger charge is 2.46. The van der Waals surface area contributed by atoms with Crippen molar-refractivity contribution in [3.05, 3.63) is 77.9 Å². The molecule has 1 fully saturated rings. The van der Waals surface area contributed by atoms with Crippen LogP contribution in [0.25, 0.3) is 5.76 Å². The largest absolute Gasteiger partial charge is 0.507 e. The molecule has 1 saturated heterocycles. The van der Waals surface area contributed by atoms with Gasteiger partial charge in [-0.2, -0.15) is 0 Å². The Morgan fingerprint density at radius 1 is 1.06 bits per heavy atom. The van der Waals surface area contributed by atoms with E-state index in [0.29, 0.717) is 47.9 Å². The van der Waals surface area contributed by atoms with Crippen LogP contribution >= 0.6 is 0 Å². The third-order valence-electron chi connectivity index (χ3n) is 6.02. The van der Waals surface area contributed by atoms with E-state index in [-0.39, 0.29) is 11.3 Å². The number of nitrogens with zero attached hydrogens (tertiary/aromatic N) is 2. The minimum absolute atomic E-state index is 0.0183. The number of imidazole rings is 1. The van der Waals surface area contributed by atoms with Gasteiger partial charge in [0.1, 0.15) is 23.9 Å². The summed E-state index contributed by atoms with van der Waals surface area (Å²) in [6, 6.07) is 11.2. The summed E-state index contributed by atoms with van der Waals surface area (Å²) >= 11 is 0. The maximum atomic E-state index is 13.2. The van der Waals surface area contributed by atoms with Crippen molar-refractivity contribution in [2.45, 2.75) is 19.0 Å². The molecule has 1 aliphatic heterocycles. The lowest BCUT2D eigenvalue weighted by molar-refractivity contribution is -0.695. The molecule has 9 heteroatoms. The maximum absolute atomic E-state index is 13.2. The molecule has 0 radical (unpaired) electrons. The van der Waals surface area contributed by atoms with Crippen molar-refractivity contribution in [3.8, 4) is 17.2 Å². The van der Waals surface area contributed by atoms with Gasteiger partial charge in [-0.15, -0.1) is 0 Å². The molecule has 1 aliphatic rings. The number of aliphatic hydroxyl groups is 1. The van der Waals surface area contributed by atoms with Gasteiger partial charge in [0, 0.05) is 18.5 Å². The number of benzene rings is 2. The van der Waals surface area contributed by atoms with Crippen molar-refractivity contribution >= 4 is 17.4 Å². The third-order valence-corrected chi connectivity index (χ3v) is 6.02. The van der Waals surface area contributed by atoms with Gasteiger partial charge in [-0.3, -0.25) is 14.6 Å². The molecule has 2 N–H and O–H groups in total. The van der Waals surface area contributed by atoms with E-state index in [1.165, 1.54) is 26.2 Å². The van der Waals surface area contributed by atoms with Gasteiger partial charge >= 0.3 is 0 Å². The summed E-state index contributed by atoms with van der Waals surface area (Å²) in [5, 5.41) is 11.2. The van der Waals surface area contributed by atoms with Crippen LogP contribution in [0.1, 0.15) is 23.6 Å². The Morgan fingerprint density at radius 2 is 1.86 bits per heavy atom. The number of nitrogens with one attached hydrogen (secondary N) is 1. The predicted octanol–water partition coefficient (Wildman–Crippen LogP) is 2.84. The van der Waals surface area contributed by atoms with Crippen LogP contribution in [0.3, 0.4) is 0 Å². The first kappa shape index (κ1) is 23.9. The van der Waals surface area contributed by atoms with E-state index < -0.39 is 17.7 Å². The van der Waals surface area contributed by atoms with Crippen molar-refractivity contribution < 1.29 is 33.5 Å². The molecule has 9 nitrogen and oxygen atoms in total. The Hall–Kier alpha value is -4.27. The van der Waals surface area contributed by atoms with Crippen LogP contribution in [0.15, 0.2) is 66.8 Å². The number of carbonyl (C=O) groups excluding carboxylic acids is 2. The number of likely N-dealkylation sites (tertiary alicyclic amines) is 1. The fraction of sp³-hybridized carbons (Fsp3) is 0.269. The minimum atomic E-state index is -0.794. The van der Waals surface area contributed by atoms with Gasteiger partial charge in [0.2, 0.25) is 6.33 Å². The molecule has 3 aromatic rings. The standard InChI is InChI=1S/C26H27N3O6/c1-33-19-7-4-6-18(14-19)24(30)22-23(17-8-9-20(34-2)21(15-17)35-3)29(26(32)25(22)31)12-5-11-28-13-10-27-16-28/h4,6-10,13-16,23H,5,11-12H2,1-3H3,(H,30,31)/p+1. The van der Waals surface area contributed by atoms with Gasteiger partial charge in [-0.05, 0) is 29.8 Å². The number of aliphatic hydroxyl groups excluding tert-OH is 1. The number of aryl methyl sites for hydroxylation is 1. The Bertz CT molecular complexity index is 1250. The maximum Gasteiger partial charge on any atom is 0.295 e. The van der Waals surface area contributed by atoms with Crippen LogP contribution in [-0.2, 0) is 16.1 Å². The molecule has 1 aromatic heterocycles. The van der Waals surface area contributed by atoms with Gasteiger partial charge in [-0.1, -0.05) is 18.2 Å². The number of aromatic nitrogens is 2. The lowest BCUT2D eigenvalue weighted by atomic mass is 9.95. The second-order valence-corrected chi connectivity index (χ2v) is 8.04. The number of hydrogen-bond acceptors (Lipinski definition) is 6. The number of ether oxygens (including phenoxy) is 3. The molecular weight excluding hydrogens is 450 g/mol. The van der Waals surface area contributed by atoms with Gasteiger partial charge in [-0.25, -0.2) is 4.57 Å². The second kappa shape index (κ2) is 10.3. The van der Waals surface area contributed by atoms with Gasteiger partial charge in [0.25, 0.3) is 11.7 Å². The number of carbonyl (C=O) groups is 2. The van der Waals surface area contributed by atoms with Crippen molar-refractivity contribution in [2.75, 3.05) is 27.9 Å². The number of H-pyrrole nitrogens is 1. The average molecular weight is 479 g/mol. The third kappa shape index (κ3) is 4.70. The molecule has 4 rings (SSSR count). The highest BCUT2D eigenvalue weighted by atomic mass is 16.5. The smallest absolute Gasteiger partial charge is 0.295 e. The summed E-state index contributed by atoms with van der Waals surface area (Å²) < 4.78 is 18.0. The molecule has 0 aliphatic carbocycles. The van der Waals surface area contributed by atoms with Crippen molar-refractivity contribution in [2.24, 2.45) is 0 Å². The molecule has 1 unspecified atom stereocenters. The normalized spacial score (nSPS) is 17.0. The number of rotatable bonds is 9. The lowest BCUT2D eigenvalue weighted by Crippen LogP contribution is -2.36. The average Bonchev–Trinajstić information content (AvgIpc) is 3.50. The predicted molar refractivity (Wildman–Crippen MR) is 127 cm³/mol. The Kier molecular flexibility index (Phi) is 7.05. The fourth-order valence-corrected chi connectivity index (χ4v) is 4.29. The number of ketones is 1. The highest BCUT2D eigenvalue weighted by molar-refractivity contribution is 6.46. The zero-order valence-corrected chi connectivity index (χ0v) is 19.9. The summed E-state index contributed by atoms with van der Waals surface area (Å²) in [7, 11) is 4.57. The Balaban J connectivity index is 1.78. The number of amides is 1. The fourth-order valence-electron chi connectivity index (χ4n) is 4.29. The van der Waals surface area contributed by atoms with Gasteiger partial charge in [0.05, 0.1) is 39.5 Å². The lowest BCUT2D eigenvalue weighted by Gasteiger charge is -2.25. The highest BCUT2D eigenvalue weighted by Crippen LogP contribution is 2.42. The van der Waals surface area contributed by atoms with Crippen LogP contribution in [-0.4, -0.2) is 54.6 Å². The van der Waals surface area contributed by atoms with E-state index in [1.807, 2.05) is 23.3 Å². The zero-order valence-electron chi connectivity index (χ0n) is 19.9. The second-order valence-electron chi connectivity index (χ2n) is 8.04. The Morgan fingerprint density at radius 3 is 2.54 bits per heavy atom. The van der Waals surface area contributed by atoms with Crippen LogP contribution in [0.4, 0.5) is 0 Å². The van der Waals surface area contributed by atoms with Gasteiger partial charge in [0.15, 0.2) is 11.5 Å². The summed E-state index contributed by atoms with van der Waals surface area (Å²) in [5.41, 5.74) is 1.03. The van der Waals surface area contributed by atoms with Crippen LogP contribution in [0.5, 0.6) is 17.2 Å². The van der Waals surface area contributed by atoms with Crippen molar-refractivity contribution in [3.63, 3.8) is 0 Å².